The molecule has 2 heterocycles. The summed E-state index contributed by atoms with van der Waals surface area (Å²) in [5.41, 5.74) is 2.60. The molecule has 0 aliphatic carbocycles. The van der Waals surface area contributed by atoms with Crippen molar-refractivity contribution in [1.82, 2.24) is 9.97 Å². The number of piperidine rings is 1. The summed E-state index contributed by atoms with van der Waals surface area (Å²) in [6.45, 7) is 6.26. The third-order valence-corrected chi connectivity index (χ3v) is 3.59. The zero-order chi connectivity index (χ0) is 13.8. The molecule has 0 bridgehead atoms. The van der Waals surface area contributed by atoms with Crippen LogP contribution in [0.2, 0.25) is 0 Å². The third-order valence-electron chi connectivity index (χ3n) is 3.59. The van der Waals surface area contributed by atoms with Gasteiger partial charge >= 0.3 is 0 Å². The summed E-state index contributed by atoms with van der Waals surface area (Å²) in [6.07, 6.45) is 2.01. The Balaban J connectivity index is 2.17. The first-order valence-electron chi connectivity index (χ1n) is 6.85. The molecule has 0 unspecified atom stereocenters. The van der Waals surface area contributed by atoms with Crippen LogP contribution in [0, 0.1) is 5.92 Å². The number of hydrogen-bond donors (Lipinski definition) is 3. The summed E-state index contributed by atoms with van der Waals surface area (Å²) in [4.78, 5) is 11.2. The summed E-state index contributed by atoms with van der Waals surface area (Å²) in [7, 11) is 0. The van der Waals surface area contributed by atoms with Crippen LogP contribution in [0.25, 0.3) is 0 Å². The molecule has 0 aromatic carbocycles. The van der Waals surface area contributed by atoms with Crippen LogP contribution in [0.3, 0.4) is 0 Å². The molecule has 2 rings (SSSR count). The minimum absolute atomic E-state index is 0.266. The molecule has 0 amide bonds. The van der Waals surface area contributed by atoms with Gasteiger partial charge in [-0.1, -0.05) is 13.8 Å². The van der Waals surface area contributed by atoms with Crippen LogP contribution in [0.15, 0.2) is 6.07 Å². The monoisotopic (exact) mass is 265 g/mol. The fourth-order valence-electron chi connectivity index (χ4n) is 2.29. The average molecular weight is 265 g/mol. The lowest BCUT2D eigenvalue weighted by molar-refractivity contribution is 0.202. The van der Waals surface area contributed by atoms with E-state index in [-0.39, 0.29) is 12.5 Å². The summed E-state index contributed by atoms with van der Waals surface area (Å²) in [5, 5.41) is 9.18. The zero-order valence-electron chi connectivity index (χ0n) is 11.6. The number of nitrogens with zero attached hydrogens (tertiary/aromatic N) is 3. The lowest BCUT2D eigenvalue weighted by Crippen LogP contribution is -2.35. The van der Waals surface area contributed by atoms with Gasteiger partial charge < -0.3 is 15.4 Å². The van der Waals surface area contributed by atoms with Crippen molar-refractivity contribution in [3.05, 3.63) is 11.9 Å². The van der Waals surface area contributed by atoms with Gasteiger partial charge in [-0.2, -0.15) is 0 Å². The van der Waals surface area contributed by atoms with Gasteiger partial charge in [0.25, 0.3) is 0 Å². The summed E-state index contributed by atoms with van der Waals surface area (Å²) >= 11 is 0. The van der Waals surface area contributed by atoms with E-state index in [0.717, 1.165) is 37.6 Å². The van der Waals surface area contributed by atoms with E-state index in [0.29, 0.717) is 11.7 Å². The highest BCUT2D eigenvalue weighted by atomic mass is 16.3. The average Bonchev–Trinajstić information content (AvgIpc) is 2.46. The van der Waals surface area contributed by atoms with Crippen molar-refractivity contribution in [2.45, 2.75) is 32.6 Å². The Morgan fingerprint density at radius 2 is 2.11 bits per heavy atom. The van der Waals surface area contributed by atoms with E-state index in [1.807, 2.05) is 6.07 Å². The number of aromatic nitrogens is 2. The Hall–Kier alpha value is -1.40. The molecule has 0 saturated carbocycles. The van der Waals surface area contributed by atoms with E-state index in [4.69, 9.17) is 5.84 Å². The highest BCUT2D eigenvalue weighted by Gasteiger charge is 2.20. The maximum atomic E-state index is 9.18. The quantitative estimate of drug-likeness (QED) is 0.558. The Labute approximate surface area is 114 Å². The van der Waals surface area contributed by atoms with Crippen LogP contribution < -0.4 is 16.2 Å². The zero-order valence-corrected chi connectivity index (χ0v) is 11.6. The number of nitrogen functional groups attached to an aromatic ring is 1. The van der Waals surface area contributed by atoms with Crippen LogP contribution in [-0.4, -0.2) is 34.8 Å². The molecular formula is C13H23N5O. The normalized spacial score (nSPS) is 17.0. The second-order valence-electron chi connectivity index (χ2n) is 5.38. The number of nitrogens with two attached hydrogens (primary N) is 1. The molecule has 0 spiro atoms. The summed E-state index contributed by atoms with van der Waals surface area (Å²) in [5.74, 6) is 8.53. The number of nitrogens with one attached hydrogen (secondary N) is 1. The van der Waals surface area contributed by atoms with Gasteiger partial charge in [0.05, 0.1) is 0 Å². The van der Waals surface area contributed by atoms with Crippen LogP contribution >= 0.6 is 0 Å². The van der Waals surface area contributed by atoms with Crippen LogP contribution in [-0.2, 0) is 0 Å². The molecule has 4 N–H and O–H groups in total. The molecule has 1 aromatic rings. The highest BCUT2D eigenvalue weighted by molar-refractivity contribution is 5.49. The van der Waals surface area contributed by atoms with E-state index >= 15 is 0 Å². The molecule has 1 aliphatic heterocycles. The summed E-state index contributed by atoms with van der Waals surface area (Å²) in [6, 6.07) is 1.88. The molecule has 106 valence electrons. The fraction of sp³-hybridized carbons (Fsp3) is 0.692. The fourth-order valence-corrected chi connectivity index (χ4v) is 2.29. The lowest BCUT2D eigenvalue weighted by atomic mass is 9.98. The van der Waals surface area contributed by atoms with Crippen LogP contribution in [0.5, 0.6) is 0 Å². The van der Waals surface area contributed by atoms with Crippen LogP contribution in [0.4, 0.5) is 11.6 Å². The van der Waals surface area contributed by atoms with Gasteiger partial charge in [0.1, 0.15) is 17.5 Å². The van der Waals surface area contributed by atoms with Crippen molar-refractivity contribution in [1.29, 1.82) is 0 Å². The molecule has 6 heteroatoms. The van der Waals surface area contributed by atoms with Gasteiger partial charge in [-0.15, -0.1) is 0 Å². The van der Waals surface area contributed by atoms with Crippen molar-refractivity contribution in [3.63, 3.8) is 0 Å². The third kappa shape index (κ3) is 3.33. The van der Waals surface area contributed by atoms with Crippen LogP contribution in [0.1, 0.15) is 38.4 Å². The first kappa shape index (κ1) is 14.0. The van der Waals surface area contributed by atoms with Crippen molar-refractivity contribution in [2.24, 2.45) is 11.8 Å². The predicted molar refractivity (Wildman–Crippen MR) is 76.0 cm³/mol. The van der Waals surface area contributed by atoms with Gasteiger partial charge in [-0.3, -0.25) is 0 Å². The van der Waals surface area contributed by atoms with E-state index in [9.17, 15) is 5.11 Å². The Kier molecular flexibility index (Phi) is 4.55. The molecule has 1 aliphatic rings. The second-order valence-corrected chi connectivity index (χ2v) is 5.38. The largest absolute Gasteiger partial charge is 0.396 e. The Morgan fingerprint density at radius 3 is 2.63 bits per heavy atom. The molecule has 1 aromatic heterocycles. The van der Waals surface area contributed by atoms with Gasteiger partial charge in [-0.05, 0) is 18.8 Å². The van der Waals surface area contributed by atoms with Gasteiger partial charge in [0.2, 0.25) is 0 Å². The highest BCUT2D eigenvalue weighted by Crippen LogP contribution is 2.24. The lowest BCUT2D eigenvalue weighted by Gasteiger charge is -2.32. The molecule has 0 atom stereocenters. The maximum Gasteiger partial charge on any atom is 0.145 e. The van der Waals surface area contributed by atoms with Crippen molar-refractivity contribution >= 4 is 11.6 Å². The standard InChI is InChI=1S/C13H23N5O/c1-9(2)13-15-11(17-14)7-12(16-13)18-5-3-10(8-19)4-6-18/h7,9-10,19H,3-6,8,14H2,1-2H3,(H,15,16,17). The van der Waals surface area contributed by atoms with Crippen molar-refractivity contribution in [2.75, 3.05) is 30.0 Å². The van der Waals surface area contributed by atoms with E-state index in [1.165, 1.54) is 0 Å². The molecule has 1 saturated heterocycles. The first-order valence-corrected chi connectivity index (χ1v) is 6.85. The number of hydrogen-bond acceptors (Lipinski definition) is 6. The minimum Gasteiger partial charge on any atom is -0.396 e. The second kappa shape index (κ2) is 6.16. The number of hydrazine groups is 1. The Morgan fingerprint density at radius 1 is 1.42 bits per heavy atom. The summed E-state index contributed by atoms with van der Waals surface area (Å²) < 4.78 is 0. The molecule has 1 fully saturated rings. The molecular weight excluding hydrogens is 242 g/mol. The van der Waals surface area contributed by atoms with Gasteiger partial charge in [-0.25, -0.2) is 15.8 Å². The van der Waals surface area contributed by atoms with Crippen molar-refractivity contribution < 1.29 is 5.11 Å². The number of rotatable bonds is 4. The topological polar surface area (TPSA) is 87.3 Å². The van der Waals surface area contributed by atoms with Gasteiger partial charge in [0, 0.05) is 31.7 Å². The number of aliphatic hydroxyl groups is 1. The predicted octanol–water partition coefficient (Wildman–Crippen LogP) is 1.09. The van der Waals surface area contributed by atoms with E-state index in [2.05, 4.69) is 34.1 Å². The van der Waals surface area contributed by atoms with E-state index < -0.39 is 0 Å². The Bertz CT molecular complexity index is 415. The van der Waals surface area contributed by atoms with E-state index in [1.54, 1.807) is 0 Å². The molecule has 19 heavy (non-hydrogen) atoms. The van der Waals surface area contributed by atoms with Crippen molar-refractivity contribution in [3.8, 4) is 0 Å². The van der Waals surface area contributed by atoms with Gasteiger partial charge in [0.15, 0.2) is 0 Å². The number of aliphatic hydroxyl groups excluding tert-OH is 1. The molecule has 0 radical (unpaired) electrons. The smallest absolute Gasteiger partial charge is 0.145 e. The minimum atomic E-state index is 0.266. The maximum absolute atomic E-state index is 9.18. The molecule has 6 nitrogen and oxygen atoms in total. The SMILES string of the molecule is CC(C)c1nc(NN)cc(N2CCC(CO)CC2)n1. The number of anilines is 2. The first-order chi connectivity index (χ1) is 9.13.